The Morgan fingerprint density at radius 1 is 1.73 bits per heavy atom. The van der Waals surface area contributed by atoms with Gasteiger partial charge in [0.05, 0.1) is 18.1 Å². The molecule has 1 fully saturated rings. The predicted molar refractivity (Wildman–Crippen MR) is 38.6 cm³/mol. The molecule has 1 atom stereocenters. The van der Waals surface area contributed by atoms with Gasteiger partial charge in [-0.2, -0.15) is 5.26 Å². The number of rotatable bonds is 1. The summed E-state index contributed by atoms with van der Waals surface area (Å²) < 4.78 is 0. The third-order valence-electron chi connectivity index (χ3n) is 2.19. The van der Waals surface area contributed by atoms with Gasteiger partial charge in [-0.15, -0.1) is 0 Å². The second kappa shape index (κ2) is 3.02. The average Bonchev–Trinajstić information content (AvgIpc) is 2.04. The molecule has 60 valence electrons. The van der Waals surface area contributed by atoms with Gasteiger partial charge < -0.3 is 5.11 Å². The van der Waals surface area contributed by atoms with Gasteiger partial charge in [0, 0.05) is 12.8 Å². The molecule has 0 aromatic carbocycles. The van der Waals surface area contributed by atoms with Crippen LogP contribution in [-0.4, -0.2) is 17.5 Å². The molecule has 0 spiro atoms. The van der Waals surface area contributed by atoms with E-state index >= 15 is 0 Å². The van der Waals surface area contributed by atoms with E-state index in [-0.39, 0.29) is 18.8 Å². The summed E-state index contributed by atoms with van der Waals surface area (Å²) in [5, 5.41) is 17.6. The summed E-state index contributed by atoms with van der Waals surface area (Å²) in [6, 6.07) is 2.03. The first-order valence-corrected chi connectivity index (χ1v) is 3.76. The lowest BCUT2D eigenvalue weighted by Gasteiger charge is -2.26. The first kappa shape index (κ1) is 8.22. The average molecular weight is 153 g/mol. The van der Waals surface area contributed by atoms with Crippen LogP contribution in [0.1, 0.15) is 25.7 Å². The van der Waals surface area contributed by atoms with Gasteiger partial charge in [-0.05, 0) is 12.8 Å². The highest BCUT2D eigenvalue weighted by Crippen LogP contribution is 2.32. The Morgan fingerprint density at radius 3 is 2.82 bits per heavy atom. The Balaban J connectivity index is 2.69. The molecular weight excluding hydrogens is 142 g/mol. The number of carbonyl (C=O) groups is 1. The fraction of sp³-hybridized carbons (Fsp3) is 0.750. The van der Waals surface area contributed by atoms with Crippen LogP contribution in [0.25, 0.3) is 0 Å². The van der Waals surface area contributed by atoms with Crippen LogP contribution in [0.15, 0.2) is 0 Å². The van der Waals surface area contributed by atoms with Gasteiger partial charge in [-0.25, -0.2) is 0 Å². The number of aliphatic hydroxyl groups is 1. The number of ketones is 1. The maximum atomic E-state index is 10.9. The number of Topliss-reactive ketones (excluding diaryl/α,β-unsaturated/α-hetero) is 1. The van der Waals surface area contributed by atoms with Gasteiger partial charge in [0.25, 0.3) is 0 Å². The van der Waals surface area contributed by atoms with Gasteiger partial charge in [0.1, 0.15) is 5.78 Å². The Bertz CT molecular complexity index is 207. The quantitative estimate of drug-likeness (QED) is 0.601. The normalized spacial score (nSPS) is 31.5. The van der Waals surface area contributed by atoms with E-state index in [4.69, 9.17) is 10.4 Å². The highest BCUT2D eigenvalue weighted by molar-refractivity contribution is 5.80. The van der Waals surface area contributed by atoms with Crippen molar-refractivity contribution in [2.75, 3.05) is 6.61 Å². The SMILES string of the molecule is N#C[C@]1(CO)CCCC(=O)C1. The lowest BCUT2D eigenvalue weighted by Crippen LogP contribution is -2.30. The van der Waals surface area contributed by atoms with E-state index in [1.807, 2.05) is 6.07 Å². The van der Waals surface area contributed by atoms with Crippen LogP contribution in [-0.2, 0) is 4.79 Å². The molecule has 1 aliphatic rings. The minimum atomic E-state index is -0.755. The molecule has 3 heteroatoms. The summed E-state index contributed by atoms with van der Waals surface area (Å²) in [6.07, 6.45) is 2.21. The lowest BCUT2D eigenvalue weighted by atomic mass is 9.75. The molecule has 0 amide bonds. The second-order valence-electron chi connectivity index (χ2n) is 3.12. The fourth-order valence-electron chi connectivity index (χ4n) is 1.44. The maximum Gasteiger partial charge on any atom is 0.134 e. The monoisotopic (exact) mass is 153 g/mol. The molecule has 1 N–H and O–H groups in total. The Morgan fingerprint density at radius 2 is 2.45 bits per heavy atom. The van der Waals surface area contributed by atoms with Crippen molar-refractivity contribution in [3.63, 3.8) is 0 Å². The van der Waals surface area contributed by atoms with Gasteiger partial charge >= 0.3 is 0 Å². The largest absolute Gasteiger partial charge is 0.395 e. The molecule has 0 heterocycles. The van der Waals surface area contributed by atoms with Crippen molar-refractivity contribution in [3.05, 3.63) is 0 Å². The number of nitrogens with zero attached hydrogens (tertiary/aromatic N) is 1. The summed E-state index contributed by atoms with van der Waals surface area (Å²) in [6.45, 7) is -0.185. The van der Waals surface area contributed by atoms with Crippen molar-refractivity contribution in [2.45, 2.75) is 25.7 Å². The molecule has 1 saturated carbocycles. The van der Waals surface area contributed by atoms with Gasteiger partial charge in [0.2, 0.25) is 0 Å². The van der Waals surface area contributed by atoms with E-state index in [0.29, 0.717) is 12.8 Å². The highest BCUT2D eigenvalue weighted by Gasteiger charge is 2.35. The molecule has 0 bridgehead atoms. The van der Waals surface area contributed by atoms with Crippen LogP contribution in [0.2, 0.25) is 0 Å². The van der Waals surface area contributed by atoms with Gasteiger partial charge in [0.15, 0.2) is 0 Å². The third-order valence-corrected chi connectivity index (χ3v) is 2.19. The Kier molecular flexibility index (Phi) is 2.25. The molecule has 0 aliphatic heterocycles. The zero-order valence-electron chi connectivity index (χ0n) is 6.34. The predicted octanol–water partition coefficient (Wildman–Crippen LogP) is 0.632. The van der Waals surface area contributed by atoms with Crippen LogP contribution in [0, 0.1) is 16.7 Å². The molecule has 0 radical (unpaired) electrons. The van der Waals surface area contributed by atoms with Crippen molar-refractivity contribution in [2.24, 2.45) is 5.41 Å². The van der Waals surface area contributed by atoms with Crippen molar-refractivity contribution < 1.29 is 9.90 Å². The lowest BCUT2D eigenvalue weighted by molar-refractivity contribution is -0.123. The first-order valence-electron chi connectivity index (χ1n) is 3.76. The zero-order valence-corrected chi connectivity index (χ0v) is 6.34. The number of nitriles is 1. The summed E-state index contributed by atoms with van der Waals surface area (Å²) in [5.74, 6) is 0.104. The van der Waals surface area contributed by atoms with E-state index in [1.165, 1.54) is 0 Å². The summed E-state index contributed by atoms with van der Waals surface area (Å²) in [7, 11) is 0. The van der Waals surface area contributed by atoms with Crippen molar-refractivity contribution in [3.8, 4) is 6.07 Å². The van der Waals surface area contributed by atoms with E-state index in [2.05, 4.69) is 0 Å². The van der Waals surface area contributed by atoms with Crippen LogP contribution >= 0.6 is 0 Å². The molecule has 0 aromatic rings. The van der Waals surface area contributed by atoms with E-state index < -0.39 is 5.41 Å². The smallest absolute Gasteiger partial charge is 0.134 e. The number of hydrogen-bond acceptors (Lipinski definition) is 3. The summed E-state index contributed by atoms with van der Waals surface area (Å²) >= 11 is 0. The standard InChI is InChI=1S/C8H11NO2/c9-5-8(6-10)3-1-2-7(11)4-8/h10H,1-4,6H2/t8-/m0/s1. The second-order valence-corrected chi connectivity index (χ2v) is 3.12. The highest BCUT2D eigenvalue weighted by atomic mass is 16.3. The topological polar surface area (TPSA) is 61.1 Å². The molecule has 11 heavy (non-hydrogen) atoms. The first-order chi connectivity index (χ1) is 5.22. The van der Waals surface area contributed by atoms with Crippen molar-refractivity contribution in [1.29, 1.82) is 5.26 Å². The van der Waals surface area contributed by atoms with Crippen LogP contribution in [0.4, 0.5) is 0 Å². The van der Waals surface area contributed by atoms with E-state index in [1.54, 1.807) is 0 Å². The molecule has 1 aliphatic carbocycles. The Labute approximate surface area is 65.6 Å². The fourth-order valence-corrected chi connectivity index (χ4v) is 1.44. The van der Waals surface area contributed by atoms with Crippen LogP contribution in [0.3, 0.4) is 0 Å². The van der Waals surface area contributed by atoms with Crippen molar-refractivity contribution in [1.82, 2.24) is 0 Å². The summed E-state index contributed by atoms with van der Waals surface area (Å²) in [5.41, 5.74) is -0.755. The van der Waals surface area contributed by atoms with E-state index in [9.17, 15) is 4.79 Å². The van der Waals surface area contributed by atoms with Crippen LogP contribution < -0.4 is 0 Å². The number of aliphatic hydroxyl groups excluding tert-OH is 1. The molecule has 1 rings (SSSR count). The zero-order chi connectivity index (χ0) is 8.32. The van der Waals surface area contributed by atoms with Gasteiger partial charge in [-0.3, -0.25) is 4.79 Å². The number of carbonyl (C=O) groups excluding carboxylic acids is 1. The van der Waals surface area contributed by atoms with Crippen LogP contribution in [0.5, 0.6) is 0 Å². The third kappa shape index (κ3) is 1.58. The molecule has 3 nitrogen and oxygen atoms in total. The van der Waals surface area contributed by atoms with Gasteiger partial charge in [-0.1, -0.05) is 0 Å². The number of hydrogen-bond donors (Lipinski definition) is 1. The minimum absolute atomic E-state index is 0.104. The molecule has 0 aromatic heterocycles. The Hall–Kier alpha value is -0.880. The van der Waals surface area contributed by atoms with E-state index in [0.717, 1.165) is 6.42 Å². The summed E-state index contributed by atoms with van der Waals surface area (Å²) in [4.78, 5) is 10.9. The minimum Gasteiger partial charge on any atom is -0.395 e. The molecular formula is C8H11NO2. The van der Waals surface area contributed by atoms with Crippen molar-refractivity contribution >= 4 is 5.78 Å². The molecule has 0 unspecified atom stereocenters. The maximum absolute atomic E-state index is 10.9. The molecule has 0 saturated heterocycles.